The molecule has 1 atom stereocenters. The third-order valence-corrected chi connectivity index (χ3v) is 6.93. The van der Waals surface area contributed by atoms with Crippen molar-refractivity contribution in [2.24, 2.45) is 7.05 Å². The normalized spacial score (nSPS) is 17.8. The number of aromatic nitrogens is 4. The van der Waals surface area contributed by atoms with Crippen molar-refractivity contribution in [3.05, 3.63) is 64.9 Å². The van der Waals surface area contributed by atoms with E-state index >= 15 is 0 Å². The van der Waals surface area contributed by atoms with Gasteiger partial charge in [-0.2, -0.15) is 5.10 Å². The van der Waals surface area contributed by atoms with Gasteiger partial charge < -0.3 is 10.1 Å². The first-order valence-electron chi connectivity index (χ1n) is 11.1. The molecule has 0 aromatic carbocycles. The monoisotopic (exact) mass is 461 g/mol. The van der Waals surface area contributed by atoms with Crippen molar-refractivity contribution in [2.75, 3.05) is 6.61 Å². The Morgan fingerprint density at radius 3 is 2.88 bits per heavy atom. The molecule has 33 heavy (non-hydrogen) atoms. The fourth-order valence-corrected chi connectivity index (χ4v) is 5.19. The highest BCUT2D eigenvalue weighted by atomic mass is 32.1. The molecule has 1 aliphatic rings. The third-order valence-electron chi connectivity index (χ3n) is 5.95. The lowest BCUT2D eigenvalue weighted by atomic mass is 9.94. The summed E-state index contributed by atoms with van der Waals surface area (Å²) in [6.07, 6.45) is 6.08. The molecule has 8 heteroatoms. The number of hydrogen-bond donors (Lipinski definition) is 1. The van der Waals surface area contributed by atoms with Gasteiger partial charge in [0.1, 0.15) is 11.4 Å². The molecule has 0 saturated carbocycles. The van der Waals surface area contributed by atoms with E-state index in [1.807, 2.05) is 49.1 Å². The number of thiophene rings is 1. The maximum atomic E-state index is 13.1. The number of ether oxygens (including phenoxy) is 1. The van der Waals surface area contributed by atoms with Crippen molar-refractivity contribution in [1.29, 1.82) is 0 Å². The number of rotatable bonds is 5. The molecular formula is C25H27N5O2S. The summed E-state index contributed by atoms with van der Waals surface area (Å²) in [4.78, 5) is 22.3. The zero-order valence-corrected chi connectivity index (χ0v) is 19.9. The molecule has 7 nitrogen and oxygen atoms in total. The fraction of sp³-hybridized carbons (Fsp3) is 0.360. The summed E-state index contributed by atoms with van der Waals surface area (Å²) >= 11 is 1.65. The predicted octanol–water partition coefficient (Wildman–Crippen LogP) is 4.37. The van der Waals surface area contributed by atoms with Gasteiger partial charge in [-0.05, 0) is 67.5 Å². The molecule has 0 aliphatic carbocycles. The number of pyridine rings is 2. The standard InChI is InChI=1S/C25H27N5O2S/c1-25(2)14-18(7-10-32-25)27-24(31)22-13-17(23-21(28-22)8-11-33-23)12-16-4-5-19(26-15-16)20-6-9-30(3)29-20/h4-6,8-9,11,13,15,18H,7,10,12,14H2,1-3H3,(H,27,31). The van der Waals surface area contributed by atoms with Crippen LogP contribution in [0.25, 0.3) is 21.6 Å². The van der Waals surface area contributed by atoms with E-state index in [-0.39, 0.29) is 17.6 Å². The first-order valence-corrected chi connectivity index (χ1v) is 12.0. The largest absolute Gasteiger partial charge is 0.375 e. The average molecular weight is 462 g/mol. The van der Waals surface area contributed by atoms with Crippen molar-refractivity contribution in [2.45, 2.75) is 44.8 Å². The number of amides is 1. The van der Waals surface area contributed by atoms with Crippen molar-refractivity contribution < 1.29 is 9.53 Å². The molecule has 4 aromatic heterocycles. The van der Waals surface area contributed by atoms with Gasteiger partial charge in [-0.1, -0.05) is 6.07 Å². The Morgan fingerprint density at radius 2 is 2.15 bits per heavy atom. The molecule has 1 fully saturated rings. The van der Waals surface area contributed by atoms with Crippen LogP contribution in [-0.2, 0) is 18.2 Å². The van der Waals surface area contributed by atoms with Crippen LogP contribution in [0.1, 0.15) is 48.3 Å². The van der Waals surface area contributed by atoms with Crippen molar-refractivity contribution in [3.63, 3.8) is 0 Å². The lowest BCUT2D eigenvalue weighted by molar-refractivity contribution is -0.0615. The number of nitrogens with one attached hydrogen (secondary N) is 1. The van der Waals surface area contributed by atoms with E-state index < -0.39 is 0 Å². The number of carbonyl (C=O) groups excluding carboxylic acids is 1. The third kappa shape index (κ3) is 4.82. The van der Waals surface area contributed by atoms with E-state index in [2.05, 4.69) is 40.3 Å². The summed E-state index contributed by atoms with van der Waals surface area (Å²) in [6, 6.07) is 10.00. The van der Waals surface area contributed by atoms with Crippen molar-refractivity contribution in [3.8, 4) is 11.4 Å². The van der Waals surface area contributed by atoms with Crippen LogP contribution in [0.2, 0.25) is 0 Å². The molecule has 5 rings (SSSR count). The first kappa shape index (κ1) is 21.7. The molecule has 0 radical (unpaired) electrons. The van der Waals surface area contributed by atoms with Crippen LogP contribution in [0.5, 0.6) is 0 Å². The Kier molecular flexibility index (Phi) is 5.72. The Labute approximate surface area is 196 Å². The summed E-state index contributed by atoms with van der Waals surface area (Å²) in [6.45, 7) is 4.78. The van der Waals surface area contributed by atoms with Gasteiger partial charge in [-0.25, -0.2) is 4.98 Å². The average Bonchev–Trinajstić information content (AvgIpc) is 3.42. The zero-order chi connectivity index (χ0) is 23.0. The number of fused-ring (bicyclic) bond motifs is 1. The molecule has 1 N–H and O–H groups in total. The van der Waals surface area contributed by atoms with Gasteiger partial charge in [0.15, 0.2) is 0 Å². The maximum Gasteiger partial charge on any atom is 0.270 e. The second kappa shape index (κ2) is 8.68. The Balaban J connectivity index is 1.37. The summed E-state index contributed by atoms with van der Waals surface area (Å²) in [7, 11) is 1.89. The molecule has 1 amide bonds. The topological polar surface area (TPSA) is 81.9 Å². The van der Waals surface area contributed by atoms with Crippen LogP contribution in [0.4, 0.5) is 0 Å². The minimum Gasteiger partial charge on any atom is -0.375 e. The van der Waals surface area contributed by atoms with Crippen LogP contribution < -0.4 is 5.32 Å². The fourth-order valence-electron chi connectivity index (χ4n) is 4.34. The van der Waals surface area contributed by atoms with Gasteiger partial charge in [0.2, 0.25) is 0 Å². The van der Waals surface area contributed by atoms with Crippen LogP contribution in [-0.4, -0.2) is 43.9 Å². The minimum atomic E-state index is -0.222. The van der Waals surface area contributed by atoms with Gasteiger partial charge in [-0.15, -0.1) is 11.3 Å². The number of aryl methyl sites for hydroxylation is 1. The van der Waals surface area contributed by atoms with Crippen molar-refractivity contribution in [1.82, 2.24) is 25.1 Å². The molecule has 0 spiro atoms. The van der Waals surface area contributed by atoms with E-state index in [0.717, 1.165) is 45.6 Å². The van der Waals surface area contributed by atoms with Crippen molar-refractivity contribution >= 4 is 27.5 Å². The van der Waals surface area contributed by atoms with E-state index in [9.17, 15) is 4.79 Å². The Hall–Kier alpha value is -3.10. The summed E-state index contributed by atoms with van der Waals surface area (Å²) in [5, 5.41) is 9.60. The molecule has 1 unspecified atom stereocenters. The predicted molar refractivity (Wildman–Crippen MR) is 129 cm³/mol. The highest BCUT2D eigenvalue weighted by Gasteiger charge is 2.30. The Morgan fingerprint density at radius 1 is 1.27 bits per heavy atom. The number of hydrogen-bond acceptors (Lipinski definition) is 6. The van der Waals surface area contributed by atoms with Gasteiger partial charge in [0, 0.05) is 38.5 Å². The van der Waals surface area contributed by atoms with Gasteiger partial charge in [0.25, 0.3) is 5.91 Å². The quantitative estimate of drug-likeness (QED) is 0.477. The van der Waals surface area contributed by atoms with E-state index in [4.69, 9.17) is 4.74 Å². The maximum absolute atomic E-state index is 13.1. The smallest absolute Gasteiger partial charge is 0.270 e. The summed E-state index contributed by atoms with van der Waals surface area (Å²) in [5.41, 5.74) is 4.94. The summed E-state index contributed by atoms with van der Waals surface area (Å²) in [5.74, 6) is -0.129. The SMILES string of the molecule is Cn1ccc(-c2ccc(Cc3cc(C(=O)NC4CCOC(C)(C)C4)nc4ccsc34)cn2)n1. The van der Waals surface area contributed by atoms with E-state index in [1.54, 1.807) is 16.0 Å². The second-order valence-electron chi connectivity index (χ2n) is 9.18. The molecule has 170 valence electrons. The van der Waals surface area contributed by atoms with Gasteiger partial charge >= 0.3 is 0 Å². The molecule has 5 heterocycles. The summed E-state index contributed by atoms with van der Waals surface area (Å²) < 4.78 is 8.65. The first-order chi connectivity index (χ1) is 15.9. The number of nitrogens with zero attached hydrogens (tertiary/aromatic N) is 4. The van der Waals surface area contributed by atoms with Crippen LogP contribution in [0, 0.1) is 0 Å². The van der Waals surface area contributed by atoms with Crippen LogP contribution >= 0.6 is 11.3 Å². The highest BCUT2D eigenvalue weighted by Crippen LogP contribution is 2.28. The molecule has 1 aliphatic heterocycles. The molecule has 1 saturated heterocycles. The molecular weight excluding hydrogens is 434 g/mol. The zero-order valence-electron chi connectivity index (χ0n) is 19.0. The van der Waals surface area contributed by atoms with Gasteiger partial charge in [-0.3, -0.25) is 14.5 Å². The van der Waals surface area contributed by atoms with E-state index in [1.165, 1.54) is 0 Å². The molecule has 4 aromatic rings. The molecule has 0 bridgehead atoms. The lowest BCUT2D eigenvalue weighted by Crippen LogP contribution is -2.46. The minimum absolute atomic E-state index is 0.0908. The second-order valence-corrected chi connectivity index (χ2v) is 10.1. The number of carbonyl (C=O) groups is 1. The Bertz CT molecular complexity index is 1290. The van der Waals surface area contributed by atoms with E-state index in [0.29, 0.717) is 18.7 Å². The van der Waals surface area contributed by atoms with Gasteiger partial charge in [0.05, 0.1) is 21.5 Å². The lowest BCUT2D eigenvalue weighted by Gasteiger charge is -2.35. The van der Waals surface area contributed by atoms with Crippen LogP contribution in [0.15, 0.2) is 48.1 Å². The highest BCUT2D eigenvalue weighted by molar-refractivity contribution is 7.17. The van der Waals surface area contributed by atoms with Crippen LogP contribution in [0.3, 0.4) is 0 Å².